The Morgan fingerprint density at radius 1 is 1.32 bits per heavy atom. The van der Waals surface area contributed by atoms with Crippen LogP contribution in [0.5, 0.6) is 5.75 Å². The molecule has 3 atom stereocenters. The molecule has 2 bridgehead atoms. The summed E-state index contributed by atoms with van der Waals surface area (Å²) in [5, 5.41) is 13.2. The van der Waals surface area contributed by atoms with Gasteiger partial charge in [-0.1, -0.05) is 12.1 Å². The summed E-state index contributed by atoms with van der Waals surface area (Å²) in [6.07, 6.45) is 5.69. The second kappa shape index (κ2) is 7.52. The maximum atomic E-state index is 12.7. The van der Waals surface area contributed by atoms with Crippen LogP contribution in [0.3, 0.4) is 0 Å². The van der Waals surface area contributed by atoms with Crippen molar-refractivity contribution in [2.45, 2.75) is 56.2 Å². The molecule has 1 aromatic rings. The summed E-state index contributed by atoms with van der Waals surface area (Å²) in [6.45, 7) is 2.08. The van der Waals surface area contributed by atoms with Crippen LogP contribution < -0.4 is 5.32 Å². The van der Waals surface area contributed by atoms with Crippen LogP contribution in [0, 0.1) is 0 Å². The number of benzene rings is 1. The molecule has 2 N–H and O–H groups in total. The lowest BCUT2D eigenvalue weighted by atomic mass is 9.85. The Bertz CT molecular complexity index is 612. The number of hydrogen-bond acceptors (Lipinski definition) is 4. The zero-order valence-electron chi connectivity index (χ0n) is 14.4. The maximum absolute atomic E-state index is 12.7. The molecule has 1 aromatic carbocycles. The number of morpholine rings is 1. The van der Waals surface area contributed by atoms with Gasteiger partial charge in [-0.05, 0) is 49.8 Å². The van der Waals surface area contributed by atoms with Crippen LogP contribution in [-0.2, 0) is 16.0 Å². The molecule has 1 unspecified atom stereocenters. The van der Waals surface area contributed by atoms with E-state index >= 15 is 0 Å². The van der Waals surface area contributed by atoms with Crippen molar-refractivity contribution in [3.63, 3.8) is 0 Å². The number of aryl methyl sites for hydroxylation is 1. The lowest BCUT2D eigenvalue weighted by Crippen LogP contribution is -2.60. The van der Waals surface area contributed by atoms with Gasteiger partial charge in [0.05, 0.1) is 12.2 Å². The van der Waals surface area contributed by atoms with Crippen molar-refractivity contribution in [3.8, 4) is 5.75 Å². The second-order valence-electron chi connectivity index (χ2n) is 7.56. The monoisotopic (exact) mass is 366 g/mol. The smallest absolute Gasteiger partial charge is 0.223 e. The minimum atomic E-state index is -0.129. The molecule has 0 aromatic heterocycles. The molecule has 3 aliphatic heterocycles. The van der Waals surface area contributed by atoms with Gasteiger partial charge in [0.25, 0.3) is 0 Å². The predicted octanol–water partition coefficient (Wildman–Crippen LogP) is 2.26. The standard InChI is InChI=1S/C19H26N2O3.ClH/c22-17-3-1-2-14(10-17)4-7-18(23)21-8-9-24-19(13-21)11-15-5-6-16(12-19)20-15;/h1-3,10,15-16,20,22H,4-9,11-13H2;1H/t15-,16+,19?;. The van der Waals surface area contributed by atoms with Gasteiger partial charge in [-0.15, -0.1) is 12.4 Å². The number of ether oxygens (including phenoxy) is 1. The lowest BCUT2D eigenvalue weighted by molar-refractivity contribution is -0.158. The fourth-order valence-corrected chi connectivity index (χ4v) is 4.63. The Kier molecular flexibility index (Phi) is 5.56. The van der Waals surface area contributed by atoms with Crippen molar-refractivity contribution in [2.24, 2.45) is 0 Å². The molecule has 0 aliphatic carbocycles. The molecule has 0 radical (unpaired) electrons. The van der Waals surface area contributed by atoms with Crippen LogP contribution in [0.1, 0.15) is 37.7 Å². The Hall–Kier alpha value is -1.30. The molecule has 138 valence electrons. The van der Waals surface area contributed by atoms with E-state index in [1.54, 1.807) is 12.1 Å². The first-order valence-electron chi connectivity index (χ1n) is 9.08. The number of phenols is 1. The first kappa shape index (κ1) is 18.5. The van der Waals surface area contributed by atoms with E-state index < -0.39 is 0 Å². The fraction of sp³-hybridized carbons (Fsp3) is 0.632. The number of aromatic hydroxyl groups is 1. The summed E-state index contributed by atoms with van der Waals surface area (Å²) in [5.74, 6) is 0.461. The third-order valence-corrected chi connectivity index (χ3v) is 5.71. The van der Waals surface area contributed by atoms with Crippen molar-refractivity contribution in [3.05, 3.63) is 29.8 Å². The Morgan fingerprint density at radius 2 is 2.08 bits per heavy atom. The minimum Gasteiger partial charge on any atom is -0.508 e. The molecule has 1 amide bonds. The van der Waals surface area contributed by atoms with Gasteiger partial charge in [0.15, 0.2) is 0 Å². The van der Waals surface area contributed by atoms with E-state index in [4.69, 9.17) is 4.74 Å². The largest absolute Gasteiger partial charge is 0.508 e. The number of amides is 1. The number of carbonyl (C=O) groups is 1. The van der Waals surface area contributed by atoms with Gasteiger partial charge < -0.3 is 20.1 Å². The van der Waals surface area contributed by atoms with Crippen LogP contribution >= 0.6 is 12.4 Å². The summed E-state index contributed by atoms with van der Waals surface area (Å²) >= 11 is 0. The zero-order chi connectivity index (χ0) is 16.6. The molecule has 6 heteroatoms. The number of piperidine rings is 1. The average Bonchev–Trinajstić information content (AvgIpc) is 2.92. The first-order chi connectivity index (χ1) is 11.6. The van der Waals surface area contributed by atoms with Gasteiger partial charge in [0.2, 0.25) is 5.91 Å². The number of nitrogens with zero attached hydrogens (tertiary/aromatic N) is 1. The highest BCUT2D eigenvalue weighted by molar-refractivity contribution is 5.85. The highest BCUT2D eigenvalue weighted by atomic mass is 35.5. The number of nitrogens with one attached hydrogen (secondary N) is 1. The van der Waals surface area contributed by atoms with Gasteiger partial charge in [-0.3, -0.25) is 4.79 Å². The first-order valence-corrected chi connectivity index (χ1v) is 9.08. The summed E-state index contributed by atoms with van der Waals surface area (Å²) in [4.78, 5) is 14.7. The highest BCUT2D eigenvalue weighted by Gasteiger charge is 2.47. The van der Waals surface area contributed by atoms with E-state index in [0.29, 0.717) is 38.1 Å². The van der Waals surface area contributed by atoms with Crippen LogP contribution in [0.25, 0.3) is 0 Å². The molecule has 25 heavy (non-hydrogen) atoms. The molecule has 3 aliphatic rings. The van der Waals surface area contributed by atoms with Crippen LogP contribution in [0.4, 0.5) is 0 Å². The van der Waals surface area contributed by atoms with Gasteiger partial charge >= 0.3 is 0 Å². The summed E-state index contributed by atoms with van der Waals surface area (Å²) in [7, 11) is 0. The van der Waals surface area contributed by atoms with E-state index in [9.17, 15) is 9.90 Å². The van der Waals surface area contributed by atoms with E-state index in [0.717, 1.165) is 24.9 Å². The molecule has 5 nitrogen and oxygen atoms in total. The van der Waals surface area contributed by atoms with Crippen molar-refractivity contribution >= 4 is 18.3 Å². The van der Waals surface area contributed by atoms with E-state index in [1.165, 1.54) is 12.8 Å². The van der Waals surface area contributed by atoms with Gasteiger partial charge in [-0.25, -0.2) is 0 Å². The number of phenolic OH excluding ortho intramolecular Hbond substituents is 1. The van der Waals surface area contributed by atoms with Gasteiger partial charge in [0, 0.05) is 31.6 Å². The third kappa shape index (κ3) is 4.10. The third-order valence-electron chi connectivity index (χ3n) is 5.71. The number of hydrogen-bond donors (Lipinski definition) is 2. The predicted molar refractivity (Wildman–Crippen MR) is 98.1 cm³/mol. The molecule has 0 saturated carbocycles. The minimum absolute atomic E-state index is 0. The second-order valence-corrected chi connectivity index (χ2v) is 7.56. The van der Waals surface area contributed by atoms with Gasteiger partial charge in [0.1, 0.15) is 5.75 Å². The average molecular weight is 367 g/mol. The van der Waals surface area contributed by atoms with Crippen molar-refractivity contribution in [2.75, 3.05) is 19.7 Å². The van der Waals surface area contributed by atoms with E-state index in [-0.39, 0.29) is 29.7 Å². The van der Waals surface area contributed by atoms with Crippen LogP contribution in [0.2, 0.25) is 0 Å². The molecule has 3 heterocycles. The molecular weight excluding hydrogens is 340 g/mol. The van der Waals surface area contributed by atoms with E-state index in [2.05, 4.69) is 5.32 Å². The fourth-order valence-electron chi connectivity index (χ4n) is 4.63. The number of rotatable bonds is 3. The number of carbonyl (C=O) groups excluding carboxylic acids is 1. The maximum Gasteiger partial charge on any atom is 0.223 e. The molecule has 1 spiro atoms. The van der Waals surface area contributed by atoms with Crippen LogP contribution in [-0.4, -0.2) is 53.3 Å². The van der Waals surface area contributed by atoms with Gasteiger partial charge in [-0.2, -0.15) is 0 Å². The quantitative estimate of drug-likeness (QED) is 0.861. The number of fused-ring (bicyclic) bond motifs is 2. The van der Waals surface area contributed by atoms with Crippen molar-refractivity contribution in [1.29, 1.82) is 0 Å². The van der Waals surface area contributed by atoms with E-state index in [1.807, 2.05) is 17.0 Å². The van der Waals surface area contributed by atoms with Crippen LogP contribution in [0.15, 0.2) is 24.3 Å². The zero-order valence-corrected chi connectivity index (χ0v) is 15.3. The lowest BCUT2D eigenvalue weighted by Gasteiger charge is -2.47. The molecule has 3 saturated heterocycles. The summed E-state index contributed by atoms with van der Waals surface area (Å²) in [6, 6.07) is 8.29. The Morgan fingerprint density at radius 3 is 2.80 bits per heavy atom. The topological polar surface area (TPSA) is 61.8 Å². The number of halogens is 1. The Balaban J connectivity index is 0.00000182. The summed E-state index contributed by atoms with van der Waals surface area (Å²) in [5.41, 5.74) is 0.877. The van der Waals surface area contributed by atoms with Crippen molar-refractivity contribution < 1.29 is 14.6 Å². The molecular formula is C19H27ClN2O3. The normalized spacial score (nSPS) is 31.0. The Labute approximate surface area is 155 Å². The molecule has 4 rings (SSSR count). The highest BCUT2D eigenvalue weighted by Crippen LogP contribution is 2.38. The SMILES string of the molecule is Cl.O=C(CCc1cccc(O)c1)N1CCOC2(C[C@H]3CC[C@@H](C2)N3)C1. The molecule has 3 fully saturated rings. The van der Waals surface area contributed by atoms with Crippen molar-refractivity contribution in [1.82, 2.24) is 10.2 Å². The summed E-state index contributed by atoms with van der Waals surface area (Å²) < 4.78 is 6.18.